The first-order chi connectivity index (χ1) is 13.3. The molecule has 8 nitrogen and oxygen atoms in total. The Morgan fingerprint density at radius 3 is 2.81 bits per heavy atom. The zero-order chi connectivity index (χ0) is 18.2. The Kier molecular flexibility index (Phi) is 4.20. The van der Waals surface area contributed by atoms with Crippen molar-refractivity contribution in [3.8, 4) is 0 Å². The number of hydrogen-bond donors (Lipinski definition) is 1. The van der Waals surface area contributed by atoms with Crippen molar-refractivity contribution in [3.05, 3.63) is 42.2 Å². The Morgan fingerprint density at radius 1 is 1.19 bits per heavy atom. The first-order valence-electron chi connectivity index (χ1n) is 9.74. The lowest BCUT2D eigenvalue weighted by molar-refractivity contribution is 0.363. The fourth-order valence-electron chi connectivity index (χ4n) is 3.75. The molecule has 0 aromatic carbocycles. The van der Waals surface area contributed by atoms with Gasteiger partial charge in [-0.15, -0.1) is 15.3 Å². The number of rotatable bonds is 6. The fourth-order valence-corrected chi connectivity index (χ4v) is 3.75. The van der Waals surface area contributed by atoms with Crippen LogP contribution >= 0.6 is 0 Å². The fraction of sp³-hybridized carbons (Fsp3) is 0.526. The van der Waals surface area contributed by atoms with Gasteiger partial charge in [0.05, 0.1) is 5.69 Å². The number of nitrogens with one attached hydrogen (secondary N) is 1. The van der Waals surface area contributed by atoms with Crippen LogP contribution in [-0.4, -0.2) is 49.4 Å². The molecule has 3 aromatic rings. The molecular formula is C19H24N8. The summed E-state index contributed by atoms with van der Waals surface area (Å²) in [5.41, 5.74) is 1.83. The summed E-state index contributed by atoms with van der Waals surface area (Å²) in [4.78, 5) is 10.8. The lowest BCUT2D eigenvalue weighted by atomic mass is 9.85. The van der Waals surface area contributed by atoms with Crippen LogP contribution < -0.4 is 10.2 Å². The second kappa shape index (κ2) is 6.84. The summed E-state index contributed by atoms with van der Waals surface area (Å²) in [5, 5.41) is 17.0. The van der Waals surface area contributed by atoms with E-state index in [1.165, 1.54) is 19.3 Å². The molecule has 2 fully saturated rings. The van der Waals surface area contributed by atoms with Crippen LogP contribution in [-0.2, 0) is 0 Å². The molecular weight excluding hydrogens is 340 g/mol. The molecule has 1 atom stereocenters. The number of anilines is 1. The van der Waals surface area contributed by atoms with Crippen molar-refractivity contribution >= 4 is 11.5 Å². The van der Waals surface area contributed by atoms with Crippen molar-refractivity contribution in [1.82, 2.24) is 35.1 Å². The van der Waals surface area contributed by atoms with Crippen LogP contribution in [0.2, 0.25) is 0 Å². The summed E-state index contributed by atoms with van der Waals surface area (Å²) in [6.45, 7) is 5.12. The van der Waals surface area contributed by atoms with Gasteiger partial charge in [-0.3, -0.25) is 9.97 Å². The van der Waals surface area contributed by atoms with Gasteiger partial charge in [0.1, 0.15) is 5.82 Å². The van der Waals surface area contributed by atoms with Gasteiger partial charge in [-0.2, -0.15) is 4.52 Å². The molecule has 8 heteroatoms. The topological polar surface area (TPSA) is 84.1 Å². The Balaban J connectivity index is 1.19. The third kappa shape index (κ3) is 3.14. The van der Waals surface area contributed by atoms with E-state index in [-0.39, 0.29) is 6.04 Å². The second-order valence-corrected chi connectivity index (χ2v) is 7.68. The van der Waals surface area contributed by atoms with E-state index in [0.717, 1.165) is 42.6 Å². The Bertz CT molecular complexity index is 914. The molecule has 1 N–H and O–H groups in total. The van der Waals surface area contributed by atoms with Crippen LogP contribution in [0.4, 0.5) is 5.82 Å². The van der Waals surface area contributed by atoms with Gasteiger partial charge in [0.2, 0.25) is 0 Å². The van der Waals surface area contributed by atoms with Crippen LogP contribution in [0.15, 0.2) is 30.7 Å². The van der Waals surface area contributed by atoms with E-state index in [4.69, 9.17) is 5.10 Å². The largest absolute Gasteiger partial charge is 0.354 e. The van der Waals surface area contributed by atoms with Crippen molar-refractivity contribution in [2.75, 3.05) is 24.5 Å². The van der Waals surface area contributed by atoms with E-state index in [0.29, 0.717) is 11.8 Å². The average Bonchev–Trinajstić information content (AvgIpc) is 3.02. The third-order valence-electron chi connectivity index (χ3n) is 5.76. The molecule has 1 saturated carbocycles. The third-order valence-corrected chi connectivity index (χ3v) is 5.76. The van der Waals surface area contributed by atoms with E-state index in [2.05, 4.69) is 43.4 Å². The second-order valence-electron chi connectivity index (χ2n) is 7.68. The minimum Gasteiger partial charge on any atom is -0.354 e. The highest BCUT2D eigenvalue weighted by Crippen LogP contribution is 2.35. The summed E-state index contributed by atoms with van der Waals surface area (Å²) in [5.74, 6) is 3.18. The number of nitrogens with zero attached hydrogens (tertiary/aromatic N) is 7. The predicted octanol–water partition coefficient (Wildman–Crippen LogP) is 1.97. The molecule has 0 bridgehead atoms. The van der Waals surface area contributed by atoms with Gasteiger partial charge in [-0.25, -0.2) is 0 Å². The van der Waals surface area contributed by atoms with Gasteiger partial charge in [-0.1, -0.05) is 6.42 Å². The summed E-state index contributed by atoms with van der Waals surface area (Å²) in [7, 11) is 0. The van der Waals surface area contributed by atoms with Gasteiger partial charge in [-0.05, 0) is 31.9 Å². The highest BCUT2D eigenvalue weighted by Gasteiger charge is 2.30. The molecule has 1 unspecified atom stereocenters. The zero-order valence-corrected chi connectivity index (χ0v) is 15.5. The average molecular weight is 364 g/mol. The van der Waals surface area contributed by atoms with Gasteiger partial charge < -0.3 is 10.2 Å². The van der Waals surface area contributed by atoms with E-state index in [1.807, 2.05) is 16.8 Å². The van der Waals surface area contributed by atoms with Crippen LogP contribution in [0.1, 0.15) is 49.7 Å². The first-order valence-corrected chi connectivity index (χ1v) is 9.74. The van der Waals surface area contributed by atoms with Gasteiger partial charge in [0.25, 0.3) is 0 Å². The molecule has 1 aliphatic carbocycles. The molecule has 0 amide bonds. The highest BCUT2D eigenvalue weighted by atomic mass is 15.4. The van der Waals surface area contributed by atoms with Crippen molar-refractivity contribution in [2.24, 2.45) is 5.92 Å². The van der Waals surface area contributed by atoms with Crippen LogP contribution in [0.25, 0.3) is 5.65 Å². The summed E-state index contributed by atoms with van der Waals surface area (Å²) in [6.07, 6.45) is 8.96. The van der Waals surface area contributed by atoms with E-state index in [9.17, 15) is 0 Å². The van der Waals surface area contributed by atoms with Crippen molar-refractivity contribution < 1.29 is 0 Å². The number of hydrogen-bond acceptors (Lipinski definition) is 7. The molecule has 0 radical (unpaired) electrons. The normalized spacial score (nSPS) is 19.1. The summed E-state index contributed by atoms with van der Waals surface area (Å²) >= 11 is 0. The van der Waals surface area contributed by atoms with E-state index < -0.39 is 0 Å². The predicted molar refractivity (Wildman–Crippen MR) is 102 cm³/mol. The van der Waals surface area contributed by atoms with Gasteiger partial charge in [0.15, 0.2) is 11.5 Å². The summed E-state index contributed by atoms with van der Waals surface area (Å²) < 4.78 is 1.95. The molecule has 5 rings (SSSR count). The molecule has 4 heterocycles. The maximum Gasteiger partial charge on any atom is 0.178 e. The standard InChI is InChI=1S/C19H24N8/c1-13(16-10-20-7-8-21-16)22-9-14-11-26(12-14)18-6-5-17-23-24-19(27(17)25-18)15-3-2-4-15/h5-8,10,13-15,22H,2-4,9,11-12H2,1H3. The molecule has 3 aromatic heterocycles. The van der Waals surface area contributed by atoms with Crippen molar-refractivity contribution in [1.29, 1.82) is 0 Å². The van der Waals surface area contributed by atoms with E-state index in [1.54, 1.807) is 12.4 Å². The monoisotopic (exact) mass is 364 g/mol. The van der Waals surface area contributed by atoms with Gasteiger partial charge >= 0.3 is 0 Å². The van der Waals surface area contributed by atoms with Crippen molar-refractivity contribution in [3.63, 3.8) is 0 Å². The first kappa shape index (κ1) is 16.6. The minimum absolute atomic E-state index is 0.212. The zero-order valence-electron chi connectivity index (χ0n) is 15.5. The van der Waals surface area contributed by atoms with E-state index >= 15 is 0 Å². The minimum atomic E-state index is 0.212. The molecule has 27 heavy (non-hydrogen) atoms. The molecule has 2 aliphatic rings. The lowest BCUT2D eigenvalue weighted by Gasteiger charge is -2.40. The quantitative estimate of drug-likeness (QED) is 0.716. The SMILES string of the molecule is CC(NCC1CN(c2ccc3nnc(C4CCC4)n3n2)C1)c1cnccn1. The molecule has 1 aliphatic heterocycles. The highest BCUT2D eigenvalue weighted by molar-refractivity contribution is 5.47. The van der Waals surface area contributed by atoms with Crippen LogP contribution in [0.3, 0.4) is 0 Å². The maximum absolute atomic E-state index is 4.82. The van der Waals surface area contributed by atoms with Crippen molar-refractivity contribution in [2.45, 2.75) is 38.1 Å². The smallest absolute Gasteiger partial charge is 0.178 e. The van der Waals surface area contributed by atoms with Gasteiger partial charge in [0, 0.05) is 56.1 Å². The Hall–Kier alpha value is -2.61. The molecule has 140 valence electrons. The Morgan fingerprint density at radius 2 is 2.07 bits per heavy atom. The molecule has 0 spiro atoms. The maximum atomic E-state index is 4.82. The number of aromatic nitrogens is 6. The number of fused-ring (bicyclic) bond motifs is 1. The van der Waals surface area contributed by atoms with Crippen LogP contribution in [0, 0.1) is 5.92 Å². The Labute approximate surface area is 158 Å². The molecule has 1 saturated heterocycles. The summed E-state index contributed by atoms with van der Waals surface area (Å²) in [6, 6.07) is 4.30. The van der Waals surface area contributed by atoms with Crippen LogP contribution in [0.5, 0.6) is 0 Å². The lowest BCUT2D eigenvalue weighted by Crippen LogP contribution is -2.51.